The van der Waals surface area contributed by atoms with Gasteiger partial charge in [-0.15, -0.1) is 0 Å². The van der Waals surface area contributed by atoms with Crippen LogP contribution in [0.3, 0.4) is 0 Å². The SMILES string of the molecule is CC1CN(C(=O)C2(C(C)C)CCNC2)CC(C)(C)O1. The number of hydrogen-bond acceptors (Lipinski definition) is 3. The predicted octanol–water partition coefficient (Wildman–Crippen LogP) is 1.65. The van der Waals surface area contributed by atoms with Gasteiger partial charge in [-0.05, 0) is 39.7 Å². The minimum absolute atomic E-state index is 0.117. The molecule has 1 N–H and O–H groups in total. The summed E-state index contributed by atoms with van der Waals surface area (Å²) in [6, 6.07) is 0. The van der Waals surface area contributed by atoms with Gasteiger partial charge in [0.15, 0.2) is 0 Å². The largest absolute Gasteiger partial charge is 0.369 e. The van der Waals surface area contributed by atoms with Crippen LogP contribution in [0, 0.1) is 11.3 Å². The molecule has 2 aliphatic rings. The zero-order chi connectivity index (χ0) is 14.3. The van der Waals surface area contributed by atoms with E-state index in [0.717, 1.165) is 26.1 Å². The van der Waals surface area contributed by atoms with Crippen molar-refractivity contribution in [3.8, 4) is 0 Å². The number of nitrogens with zero attached hydrogens (tertiary/aromatic N) is 1. The van der Waals surface area contributed by atoms with E-state index >= 15 is 0 Å². The van der Waals surface area contributed by atoms with Crippen LogP contribution in [0.5, 0.6) is 0 Å². The fraction of sp³-hybridized carbons (Fsp3) is 0.933. The first-order chi connectivity index (χ1) is 8.77. The molecule has 2 saturated heterocycles. The molecule has 2 rings (SSSR count). The van der Waals surface area contributed by atoms with Crippen LogP contribution in [0.2, 0.25) is 0 Å². The fourth-order valence-corrected chi connectivity index (χ4v) is 3.56. The molecule has 4 nitrogen and oxygen atoms in total. The van der Waals surface area contributed by atoms with Crippen molar-refractivity contribution in [2.45, 2.75) is 52.7 Å². The van der Waals surface area contributed by atoms with E-state index in [-0.39, 0.29) is 17.1 Å². The number of carbonyl (C=O) groups is 1. The van der Waals surface area contributed by atoms with E-state index in [0.29, 0.717) is 18.4 Å². The topological polar surface area (TPSA) is 41.6 Å². The van der Waals surface area contributed by atoms with Crippen molar-refractivity contribution in [1.82, 2.24) is 10.2 Å². The number of rotatable bonds is 2. The summed E-state index contributed by atoms with van der Waals surface area (Å²) in [4.78, 5) is 15.1. The van der Waals surface area contributed by atoms with Gasteiger partial charge < -0.3 is 15.0 Å². The van der Waals surface area contributed by atoms with Crippen LogP contribution < -0.4 is 5.32 Å². The summed E-state index contributed by atoms with van der Waals surface area (Å²) in [6.07, 6.45) is 1.07. The minimum atomic E-state index is -0.239. The average Bonchev–Trinajstić information content (AvgIpc) is 2.75. The molecule has 4 heteroatoms. The molecule has 0 aromatic heterocycles. The highest BCUT2D eigenvalue weighted by Gasteiger charge is 2.48. The Morgan fingerprint density at radius 1 is 1.42 bits per heavy atom. The molecule has 19 heavy (non-hydrogen) atoms. The number of amides is 1. The number of nitrogens with one attached hydrogen (secondary N) is 1. The molecule has 2 atom stereocenters. The summed E-state index contributed by atoms with van der Waals surface area (Å²) in [6.45, 7) is 13.7. The van der Waals surface area contributed by atoms with Crippen LogP contribution in [0.1, 0.15) is 41.0 Å². The second kappa shape index (κ2) is 5.06. The van der Waals surface area contributed by atoms with Crippen LogP contribution in [0.4, 0.5) is 0 Å². The standard InChI is InChI=1S/C15H28N2O2/c1-11(2)15(6-7-16-9-15)13(18)17-8-12(3)19-14(4,5)10-17/h11-12,16H,6-10H2,1-5H3. The lowest BCUT2D eigenvalue weighted by molar-refractivity contribution is -0.168. The number of morpholine rings is 1. The lowest BCUT2D eigenvalue weighted by Gasteiger charge is -2.45. The maximum atomic E-state index is 13.0. The molecule has 0 bridgehead atoms. The van der Waals surface area contributed by atoms with Gasteiger partial charge in [-0.25, -0.2) is 0 Å². The monoisotopic (exact) mass is 268 g/mol. The summed E-state index contributed by atoms with van der Waals surface area (Å²) in [5, 5.41) is 3.37. The van der Waals surface area contributed by atoms with Crippen LogP contribution in [0.15, 0.2) is 0 Å². The normalized spacial score (nSPS) is 34.8. The van der Waals surface area contributed by atoms with Crippen molar-refractivity contribution in [1.29, 1.82) is 0 Å². The molecule has 0 aromatic rings. The average molecular weight is 268 g/mol. The molecule has 2 fully saturated rings. The molecular weight excluding hydrogens is 240 g/mol. The van der Waals surface area contributed by atoms with Crippen LogP contribution >= 0.6 is 0 Å². The van der Waals surface area contributed by atoms with Crippen molar-refractivity contribution in [3.05, 3.63) is 0 Å². The first kappa shape index (κ1) is 14.8. The summed E-state index contributed by atoms with van der Waals surface area (Å²) >= 11 is 0. The summed E-state index contributed by atoms with van der Waals surface area (Å²) in [5.41, 5.74) is -0.454. The highest BCUT2D eigenvalue weighted by Crippen LogP contribution is 2.37. The predicted molar refractivity (Wildman–Crippen MR) is 76.0 cm³/mol. The Labute approximate surface area is 116 Å². The van der Waals surface area contributed by atoms with Gasteiger partial charge in [-0.2, -0.15) is 0 Å². The van der Waals surface area contributed by atoms with Crippen LogP contribution in [-0.4, -0.2) is 48.7 Å². The molecule has 0 radical (unpaired) electrons. The molecule has 0 saturated carbocycles. The molecule has 2 aliphatic heterocycles. The molecule has 2 unspecified atom stereocenters. The van der Waals surface area contributed by atoms with Gasteiger partial charge in [-0.3, -0.25) is 4.79 Å². The third-order valence-corrected chi connectivity index (χ3v) is 4.58. The smallest absolute Gasteiger partial charge is 0.230 e. The summed E-state index contributed by atoms with van der Waals surface area (Å²) in [7, 11) is 0. The van der Waals surface area contributed by atoms with E-state index in [1.54, 1.807) is 0 Å². The Bertz CT molecular complexity index is 346. The highest BCUT2D eigenvalue weighted by atomic mass is 16.5. The van der Waals surface area contributed by atoms with Crippen molar-refractivity contribution < 1.29 is 9.53 Å². The summed E-state index contributed by atoms with van der Waals surface area (Å²) in [5.74, 6) is 0.687. The quantitative estimate of drug-likeness (QED) is 0.828. The van der Waals surface area contributed by atoms with Crippen LogP contribution in [0.25, 0.3) is 0 Å². The first-order valence-corrected chi connectivity index (χ1v) is 7.45. The lowest BCUT2D eigenvalue weighted by Crippen LogP contribution is -2.58. The van der Waals surface area contributed by atoms with Gasteiger partial charge in [0, 0.05) is 19.6 Å². The third-order valence-electron chi connectivity index (χ3n) is 4.58. The number of hydrogen-bond donors (Lipinski definition) is 1. The molecular formula is C15H28N2O2. The van der Waals surface area contributed by atoms with Crippen molar-refractivity contribution in [2.75, 3.05) is 26.2 Å². The Balaban J connectivity index is 2.18. The summed E-state index contributed by atoms with van der Waals surface area (Å²) < 4.78 is 5.90. The molecule has 110 valence electrons. The van der Waals surface area contributed by atoms with Gasteiger partial charge in [0.1, 0.15) is 0 Å². The maximum absolute atomic E-state index is 13.0. The van der Waals surface area contributed by atoms with Crippen molar-refractivity contribution in [2.24, 2.45) is 11.3 Å². The van der Waals surface area contributed by atoms with Crippen molar-refractivity contribution >= 4 is 5.91 Å². The third kappa shape index (κ3) is 2.79. The maximum Gasteiger partial charge on any atom is 0.230 e. The second-order valence-electron chi connectivity index (χ2n) is 7.11. The fourth-order valence-electron chi connectivity index (χ4n) is 3.56. The lowest BCUT2D eigenvalue weighted by atomic mass is 9.75. The Kier molecular flexibility index (Phi) is 3.94. The molecule has 0 aliphatic carbocycles. The van der Waals surface area contributed by atoms with E-state index < -0.39 is 0 Å². The van der Waals surface area contributed by atoms with Gasteiger partial charge in [-0.1, -0.05) is 13.8 Å². The Hall–Kier alpha value is -0.610. The number of ether oxygens (including phenoxy) is 1. The zero-order valence-corrected chi connectivity index (χ0v) is 13.0. The van der Waals surface area contributed by atoms with Gasteiger partial charge in [0.25, 0.3) is 0 Å². The molecule has 0 spiro atoms. The Morgan fingerprint density at radius 3 is 2.58 bits per heavy atom. The van der Waals surface area contributed by atoms with Gasteiger partial charge in [0.05, 0.1) is 17.1 Å². The van der Waals surface area contributed by atoms with E-state index in [2.05, 4.69) is 39.9 Å². The van der Waals surface area contributed by atoms with Crippen LogP contribution in [-0.2, 0) is 9.53 Å². The Morgan fingerprint density at radius 2 is 2.11 bits per heavy atom. The minimum Gasteiger partial charge on any atom is -0.369 e. The highest BCUT2D eigenvalue weighted by molar-refractivity contribution is 5.84. The molecule has 0 aromatic carbocycles. The van der Waals surface area contributed by atoms with Crippen molar-refractivity contribution in [3.63, 3.8) is 0 Å². The van der Waals surface area contributed by atoms with E-state index in [1.165, 1.54) is 0 Å². The van der Waals surface area contributed by atoms with E-state index in [9.17, 15) is 4.79 Å². The van der Waals surface area contributed by atoms with E-state index in [4.69, 9.17) is 4.74 Å². The molecule has 2 heterocycles. The second-order valence-corrected chi connectivity index (χ2v) is 7.11. The number of carbonyl (C=O) groups excluding carboxylic acids is 1. The first-order valence-electron chi connectivity index (χ1n) is 7.45. The van der Waals surface area contributed by atoms with E-state index in [1.807, 2.05) is 4.90 Å². The molecule has 1 amide bonds. The zero-order valence-electron chi connectivity index (χ0n) is 13.0. The van der Waals surface area contributed by atoms with Gasteiger partial charge in [0.2, 0.25) is 5.91 Å². The van der Waals surface area contributed by atoms with Gasteiger partial charge >= 0.3 is 0 Å².